The quantitative estimate of drug-likeness (QED) is 0.237. The van der Waals surface area contributed by atoms with Gasteiger partial charge in [0.05, 0.1) is 28.6 Å². The van der Waals surface area contributed by atoms with Crippen molar-refractivity contribution in [1.82, 2.24) is 10.7 Å². The van der Waals surface area contributed by atoms with E-state index >= 15 is 0 Å². The Morgan fingerprint density at radius 2 is 1.85 bits per heavy atom. The van der Waals surface area contributed by atoms with Gasteiger partial charge in [-0.3, -0.25) is 30.0 Å². The highest BCUT2D eigenvalue weighted by Gasteiger charge is 2.44. The molecule has 0 bridgehead atoms. The molecule has 6 N–H and O–H groups in total. The fourth-order valence-corrected chi connectivity index (χ4v) is 3.92. The normalized spacial score (nSPS) is 24.2. The fraction of sp³-hybridized carbons (Fsp3) is 0.348. The zero-order valence-electron chi connectivity index (χ0n) is 18.4. The van der Waals surface area contributed by atoms with Crippen LogP contribution in [0.25, 0.3) is 0 Å². The van der Waals surface area contributed by atoms with Crippen LogP contribution in [0.2, 0.25) is 0 Å². The average Bonchev–Trinajstić information content (AvgIpc) is 2.90. The second-order valence-corrected chi connectivity index (χ2v) is 8.47. The number of carboxylic acids is 1. The number of hydrazine groups is 1. The van der Waals surface area contributed by atoms with Crippen molar-refractivity contribution in [3.05, 3.63) is 54.1 Å². The van der Waals surface area contributed by atoms with Crippen LogP contribution in [0.5, 0.6) is 0 Å². The minimum absolute atomic E-state index is 0.0756. The largest absolute Gasteiger partial charge is 0.481 e. The Hall–Kier alpha value is -3.95. The van der Waals surface area contributed by atoms with Gasteiger partial charge in [-0.1, -0.05) is 50.3 Å². The Morgan fingerprint density at radius 1 is 1.21 bits per heavy atom. The molecule has 1 aliphatic heterocycles. The summed E-state index contributed by atoms with van der Waals surface area (Å²) < 4.78 is 0. The molecule has 10 nitrogen and oxygen atoms in total. The number of fused-ring (bicyclic) bond motifs is 1. The number of amides is 3. The maximum absolute atomic E-state index is 13.5. The summed E-state index contributed by atoms with van der Waals surface area (Å²) in [4.78, 5) is 49.6. The van der Waals surface area contributed by atoms with E-state index < -0.39 is 34.5 Å². The Bertz CT molecular complexity index is 1060. The number of hydrogen-bond donors (Lipinski definition) is 5. The number of nitrogens with one attached hydrogen (secondary N) is 3. The van der Waals surface area contributed by atoms with E-state index in [1.54, 1.807) is 48.6 Å². The average molecular weight is 453 g/mol. The highest BCUT2D eigenvalue weighted by atomic mass is 16.4. The number of nitrogens with zero attached hydrogens (tertiary/aromatic N) is 1. The van der Waals surface area contributed by atoms with Gasteiger partial charge in [-0.05, 0) is 24.5 Å². The number of carbonyl (C=O) groups is 4. The van der Waals surface area contributed by atoms with E-state index in [9.17, 15) is 19.2 Å². The molecule has 1 aliphatic carbocycles. The molecule has 0 saturated heterocycles. The van der Waals surface area contributed by atoms with Gasteiger partial charge in [0.2, 0.25) is 0 Å². The van der Waals surface area contributed by atoms with Crippen molar-refractivity contribution in [2.45, 2.75) is 26.7 Å². The van der Waals surface area contributed by atoms with Gasteiger partial charge in [0.25, 0.3) is 17.7 Å². The van der Waals surface area contributed by atoms with Gasteiger partial charge in [0, 0.05) is 6.42 Å². The predicted molar refractivity (Wildman–Crippen MR) is 121 cm³/mol. The lowest BCUT2D eigenvalue weighted by molar-refractivity contribution is -0.137. The molecule has 0 radical (unpaired) electrons. The molecule has 10 heteroatoms. The number of amidine groups is 1. The van der Waals surface area contributed by atoms with Gasteiger partial charge in [-0.25, -0.2) is 5.01 Å². The lowest BCUT2D eigenvalue weighted by Gasteiger charge is -2.38. The van der Waals surface area contributed by atoms with Crippen molar-refractivity contribution in [2.24, 2.45) is 22.5 Å². The third-order valence-corrected chi connectivity index (χ3v) is 6.17. The van der Waals surface area contributed by atoms with E-state index in [1.807, 2.05) is 13.8 Å². The summed E-state index contributed by atoms with van der Waals surface area (Å²) in [5, 5.41) is 20.6. The summed E-state index contributed by atoms with van der Waals surface area (Å²) in [6.45, 7) is 3.38. The Labute approximate surface area is 191 Å². The molecule has 33 heavy (non-hydrogen) atoms. The Balaban J connectivity index is 1.95. The predicted octanol–water partition coefficient (Wildman–Crippen LogP) is 1.35. The third kappa shape index (κ3) is 4.36. The minimum atomic E-state index is -1.19. The summed E-state index contributed by atoms with van der Waals surface area (Å²) in [5.74, 6) is -2.95. The van der Waals surface area contributed by atoms with Gasteiger partial charge in [-0.15, -0.1) is 0 Å². The monoisotopic (exact) mass is 453 g/mol. The lowest BCUT2D eigenvalue weighted by atomic mass is 9.67. The molecule has 2 aliphatic rings. The van der Waals surface area contributed by atoms with Crippen LogP contribution in [-0.4, -0.2) is 41.2 Å². The molecule has 0 aromatic heterocycles. The first-order chi connectivity index (χ1) is 15.5. The van der Waals surface area contributed by atoms with Crippen molar-refractivity contribution in [1.29, 1.82) is 5.41 Å². The van der Waals surface area contributed by atoms with E-state index in [1.165, 1.54) is 0 Å². The van der Waals surface area contributed by atoms with Crippen molar-refractivity contribution >= 4 is 35.2 Å². The molecule has 3 amide bonds. The van der Waals surface area contributed by atoms with Gasteiger partial charge < -0.3 is 16.2 Å². The van der Waals surface area contributed by atoms with E-state index in [0.29, 0.717) is 0 Å². The lowest BCUT2D eigenvalue weighted by Crippen LogP contribution is -2.54. The van der Waals surface area contributed by atoms with Crippen LogP contribution in [0.3, 0.4) is 0 Å². The molecule has 174 valence electrons. The second-order valence-electron chi connectivity index (χ2n) is 8.47. The van der Waals surface area contributed by atoms with Crippen LogP contribution >= 0.6 is 0 Å². The van der Waals surface area contributed by atoms with E-state index in [-0.39, 0.29) is 42.4 Å². The molecule has 0 atom stereocenters. The van der Waals surface area contributed by atoms with E-state index in [2.05, 4.69) is 10.7 Å². The molecule has 0 unspecified atom stereocenters. The molecule has 1 heterocycles. The Morgan fingerprint density at radius 3 is 2.42 bits per heavy atom. The first kappa shape index (κ1) is 23.7. The van der Waals surface area contributed by atoms with Crippen molar-refractivity contribution in [2.75, 3.05) is 11.6 Å². The molecule has 1 aromatic carbocycles. The minimum Gasteiger partial charge on any atom is -0.481 e. The number of carbonyl (C=O) groups excluding carboxylic acids is 3. The number of carboxylic acid groups (broad SMARTS) is 1. The van der Waals surface area contributed by atoms with Crippen LogP contribution in [0.15, 0.2) is 48.6 Å². The van der Waals surface area contributed by atoms with Gasteiger partial charge in [-0.2, -0.15) is 0 Å². The molecule has 0 fully saturated rings. The smallest absolute Gasteiger partial charge is 0.303 e. The summed E-state index contributed by atoms with van der Waals surface area (Å²) in [7, 11) is 0. The van der Waals surface area contributed by atoms with Gasteiger partial charge in [0.15, 0.2) is 0 Å². The first-order valence-corrected chi connectivity index (χ1v) is 10.5. The van der Waals surface area contributed by atoms with E-state index in [0.717, 1.165) is 5.01 Å². The van der Waals surface area contributed by atoms with Crippen LogP contribution < -0.4 is 21.5 Å². The fourth-order valence-electron chi connectivity index (χ4n) is 3.92. The molecular formula is C23H27N5O5. The number of nitrogens with two attached hydrogens (primary N) is 1. The highest BCUT2D eigenvalue weighted by molar-refractivity contribution is 6.10. The molecular weight excluding hydrogens is 426 g/mol. The van der Waals surface area contributed by atoms with Crippen LogP contribution in [-0.2, 0) is 14.4 Å². The topological polar surface area (TPSA) is 166 Å². The number of rotatable bonds is 7. The summed E-state index contributed by atoms with van der Waals surface area (Å²) >= 11 is 0. The summed E-state index contributed by atoms with van der Waals surface area (Å²) in [6, 6.07) is 6.45. The molecule has 0 saturated carbocycles. The van der Waals surface area contributed by atoms with Crippen LogP contribution in [0.1, 0.15) is 37.0 Å². The van der Waals surface area contributed by atoms with E-state index in [4.69, 9.17) is 16.2 Å². The standard InChI is InChI=1S/C23H27N5O5/c1-14(2)23(11-9-22(10-12-23,20(24)25)8-7-18(30)31)21(33)27-28-16-6-4-3-5-15(16)19(32)26-13-17(28)29/h3-6,9-12,14H,7-8,13H2,1-2H3,(H3,24,25)(H,26,32)(H,27,33)(H,30,31). The molecule has 3 rings (SSSR count). The van der Waals surface area contributed by atoms with Crippen LogP contribution in [0, 0.1) is 22.2 Å². The maximum Gasteiger partial charge on any atom is 0.303 e. The number of anilines is 1. The highest BCUT2D eigenvalue weighted by Crippen LogP contribution is 2.41. The molecule has 0 spiro atoms. The number of aliphatic carboxylic acids is 1. The van der Waals surface area contributed by atoms with Gasteiger partial charge >= 0.3 is 5.97 Å². The maximum atomic E-state index is 13.5. The first-order valence-electron chi connectivity index (χ1n) is 10.5. The summed E-state index contributed by atoms with van der Waals surface area (Å²) in [6.07, 6.45) is 6.26. The SMILES string of the molecule is CC(C)C1(C(=O)NN2C(=O)CNC(=O)c3ccccc32)C=CC(CCC(=O)O)(C(=N)N)C=C1. The second kappa shape index (κ2) is 8.89. The zero-order valence-corrected chi connectivity index (χ0v) is 18.4. The Kier molecular flexibility index (Phi) is 6.39. The van der Waals surface area contributed by atoms with Gasteiger partial charge in [0.1, 0.15) is 5.84 Å². The molecule has 1 aromatic rings. The number of hydrogen-bond acceptors (Lipinski definition) is 5. The zero-order chi connectivity index (χ0) is 24.4. The van der Waals surface area contributed by atoms with Crippen molar-refractivity contribution < 1.29 is 24.3 Å². The third-order valence-electron chi connectivity index (χ3n) is 6.17. The number of para-hydroxylation sites is 1. The number of benzene rings is 1. The summed E-state index contributed by atoms with van der Waals surface area (Å²) in [5.41, 5.74) is 6.63. The van der Waals surface area contributed by atoms with Crippen molar-refractivity contribution in [3.8, 4) is 0 Å². The van der Waals surface area contributed by atoms with Crippen molar-refractivity contribution in [3.63, 3.8) is 0 Å². The van der Waals surface area contributed by atoms with Crippen LogP contribution in [0.4, 0.5) is 5.69 Å².